The minimum absolute atomic E-state index is 0.250. The fraction of sp³-hybridized carbons (Fsp3) is 0.529. The second kappa shape index (κ2) is 7.93. The van der Waals surface area contributed by atoms with Gasteiger partial charge in [-0.3, -0.25) is 0 Å². The van der Waals surface area contributed by atoms with Crippen LogP contribution in [-0.2, 0) is 0 Å². The first kappa shape index (κ1) is 17.2. The lowest BCUT2D eigenvalue weighted by molar-refractivity contribution is 0.135. The van der Waals surface area contributed by atoms with Gasteiger partial charge in [0.15, 0.2) is 0 Å². The van der Waals surface area contributed by atoms with E-state index in [0.717, 1.165) is 26.1 Å². The first-order valence-electron chi connectivity index (χ1n) is 7.94. The topological polar surface area (TPSA) is 54.7 Å². The van der Waals surface area contributed by atoms with Crippen LogP contribution in [0.15, 0.2) is 29.3 Å². The number of likely N-dealkylation sites (N-methyl/N-ethyl adjacent to an activating group) is 1. The molecule has 1 aromatic rings. The molecule has 1 N–H and O–H groups in total. The minimum atomic E-state index is -0.354. The van der Waals surface area contributed by atoms with Crippen molar-refractivity contribution in [2.24, 2.45) is 10.9 Å². The van der Waals surface area contributed by atoms with Gasteiger partial charge in [0.05, 0.1) is 5.69 Å². The summed E-state index contributed by atoms with van der Waals surface area (Å²) in [5, 5.41) is 12.0. The zero-order valence-electron chi connectivity index (χ0n) is 14.0. The number of para-hydroxylation sites is 1. The number of hydrogen-bond donors (Lipinski definition) is 1. The summed E-state index contributed by atoms with van der Waals surface area (Å²) < 4.78 is 13.9. The van der Waals surface area contributed by atoms with E-state index < -0.39 is 0 Å². The number of hydrogen-bond acceptors (Lipinski definition) is 3. The number of rotatable bonds is 3. The number of nitriles is 1. The predicted molar refractivity (Wildman–Crippen MR) is 90.5 cm³/mol. The summed E-state index contributed by atoms with van der Waals surface area (Å²) in [7, 11) is 2.09. The summed E-state index contributed by atoms with van der Waals surface area (Å²) in [5.41, 5.74) is 0.337. The fourth-order valence-electron chi connectivity index (χ4n) is 2.93. The molecule has 5 nitrogen and oxygen atoms in total. The molecule has 2 rings (SSSR count). The molecule has 124 valence electrons. The van der Waals surface area contributed by atoms with E-state index in [1.807, 2.05) is 6.19 Å². The Bertz CT molecular complexity index is 591. The van der Waals surface area contributed by atoms with Crippen molar-refractivity contribution < 1.29 is 4.39 Å². The van der Waals surface area contributed by atoms with Gasteiger partial charge < -0.3 is 15.1 Å². The maximum absolute atomic E-state index is 13.9. The standard InChI is InChI=1S/C17H24FN5/c1-13(2)10-14-11-22(3)8-9-23(14)17(20-12-19)21-16-7-5-4-6-15(16)18/h4-7,13-14H,8-11H2,1-3H3,(H,20,21). The zero-order chi connectivity index (χ0) is 16.8. The SMILES string of the molecule is CC(C)CC1CN(C)CCN1/C(=N\C#N)Nc1ccccc1F. The fourth-order valence-corrected chi connectivity index (χ4v) is 2.93. The van der Waals surface area contributed by atoms with Crippen LogP contribution in [0, 0.1) is 23.2 Å². The van der Waals surface area contributed by atoms with Crippen LogP contribution in [0.25, 0.3) is 0 Å². The normalized spacial score (nSPS) is 19.7. The predicted octanol–water partition coefficient (Wildman–Crippen LogP) is 2.74. The van der Waals surface area contributed by atoms with Crippen LogP contribution in [0.2, 0.25) is 0 Å². The van der Waals surface area contributed by atoms with Gasteiger partial charge in [-0.1, -0.05) is 26.0 Å². The molecule has 6 heteroatoms. The number of halogens is 1. The van der Waals surface area contributed by atoms with Crippen molar-refractivity contribution in [2.45, 2.75) is 26.3 Å². The van der Waals surface area contributed by atoms with Gasteiger partial charge in [-0.25, -0.2) is 4.39 Å². The van der Waals surface area contributed by atoms with Gasteiger partial charge in [-0.2, -0.15) is 5.26 Å². The van der Waals surface area contributed by atoms with Gasteiger partial charge in [0.25, 0.3) is 0 Å². The Balaban J connectivity index is 2.23. The monoisotopic (exact) mass is 317 g/mol. The van der Waals surface area contributed by atoms with Crippen molar-refractivity contribution in [1.82, 2.24) is 9.80 Å². The second-order valence-electron chi connectivity index (χ2n) is 6.38. The van der Waals surface area contributed by atoms with Crippen LogP contribution in [0.5, 0.6) is 0 Å². The summed E-state index contributed by atoms with van der Waals surface area (Å²) in [6.45, 7) is 6.91. The van der Waals surface area contributed by atoms with Crippen LogP contribution >= 0.6 is 0 Å². The highest BCUT2D eigenvalue weighted by Gasteiger charge is 2.28. The maximum Gasteiger partial charge on any atom is 0.214 e. The van der Waals surface area contributed by atoms with Crippen LogP contribution in [0.4, 0.5) is 10.1 Å². The third-order valence-electron chi connectivity index (χ3n) is 3.98. The Morgan fingerprint density at radius 1 is 1.43 bits per heavy atom. The zero-order valence-corrected chi connectivity index (χ0v) is 14.0. The van der Waals surface area contributed by atoms with Gasteiger partial charge in [0.2, 0.25) is 12.2 Å². The minimum Gasteiger partial charge on any atom is -0.336 e. The third-order valence-corrected chi connectivity index (χ3v) is 3.98. The van der Waals surface area contributed by atoms with E-state index in [1.165, 1.54) is 6.07 Å². The van der Waals surface area contributed by atoms with Crippen molar-refractivity contribution in [1.29, 1.82) is 5.26 Å². The highest BCUT2D eigenvalue weighted by Crippen LogP contribution is 2.19. The molecule has 0 radical (unpaired) electrons. The highest BCUT2D eigenvalue weighted by molar-refractivity contribution is 5.94. The lowest BCUT2D eigenvalue weighted by Crippen LogP contribution is -2.56. The summed E-state index contributed by atoms with van der Waals surface area (Å²) in [6.07, 6.45) is 2.83. The van der Waals surface area contributed by atoms with E-state index in [2.05, 4.69) is 41.0 Å². The maximum atomic E-state index is 13.9. The molecule has 1 fully saturated rings. The van der Waals surface area contributed by atoms with Crippen LogP contribution in [-0.4, -0.2) is 48.5 Å². The Hall–Kier alpha value is -2.13. The van der Waals surface area contributed by atoms with Gasteiger partial charge in [-0.05, 0) is 31.5 Å². The Labute approximate surface area is 137 Å². The first-order valence-corrected chi connectivity index (χ1v) is 7.94. The quantitative estimate of drug-likeness (QED) is 0.529. The van der Waals surface area contributed by atoms with E-state index in [0.29, 0.717) is 17.6 Å². The summed E-state index contributed by atoms with van der Waals surface area (Å²) in [6, 6.07) is 6.68. The van der Waals surface area contributed by atoms with Crippen molar-refractivity contribution in [3.8, 4) is 6.19 Å². The summed E-state index contributed by atoms with van der Waals surface area (Å²) in [5.74, 6) is 0.606. The van der Waals surface area contributed by atoms with Crippen molar-refractivity contribution in [3.63, 3.8) is 0 Å². The first-order chi connectivity index (χ1) is 11.0. The lowest BCUT2D eigenvalue weighted by atomic mass is 10.0. The van der Waals surface area contributed by atoms with Gasteiger partial charge >= 0.3 is 0 Å². The molecule has 1 saturated heterocycles. The number of anilines is 1. The van der Waals surface area contributed by atoms with Crippen LogP contribution in [0.3, 0.4) is 0 Å². The summed E-state index contributed by atoms with van der Waals surface area (Å²) >= 11 is 0. The number of benzene rings is 1. The lowest BCUT2D eigenvalue weighted by Gasteiger charge is -2.42. The molecule has 0 saturated carbocycles. The molecule has 0 bridgehead atoms. The van der Waals surface area contributed by atoms with Crippen molar-refractivity contribution >= 4 is 11.6 Å². The molecule has 1 aromatic carbocycles. The Morgan fingerprint density at radius 2 is 2.17 bits per heavy atom. The molecule has 0 amide bonds. The van der Waals surface area contributed by atoms with Crippen molar-refractivity contribution in [2.75, 3.05) is 32.0 Å². The Kier molecular flexibility index (Phi) is 5.94. The molecular formula is C17H24FN5. The molecule has 1 aliphatic rings. The van der Waals surface area contributed by atoms with E-state index in [1.54, 1.807) is 18.2 Å². The van der Waals surface area contributed by atoms with Gasteiger partial charge in [0.1, 0.15) is 5.82 Å². The second-order valence-corrected chi connectivity index (χ2v) is 6.38. The van der Waals surface area contributed by atoms with E-state index >= 15 is 0 Å². The number of aliphatic imine (C=N–C) groups is 1. The molecule has 1 aliphatic heterocycles. The molecule has 0 spiro atoms. The van der Waals surface area contributed by atoms with Crippen LogP contribution < -0.4 is 5.32 Å². The molecule has 0 aromatic heterocycles. The number of piperazine rings is 1. The highest BCUT2D eigenvalue weighted by atomic mass is 19.1. The molecular weight excluding hydrogens is 293 g/mol. The van der Waals surface area contributed by atoms with E-state index in [4.69, 9.17) is 5.26 Å². The number of nitrogens with zero attached hydrogens (tertiary/aromatic N) is 4. The van der Waals surface area contributed by atoms with Crippen LogP contribution in [0.1, 0.15) is 20.3 Å². The average molecular weight is 317 g/mol. The molecule has 1 atom stereocenters. The number of nitrogens with one attached hydrogen (secondary N) is 1. The summed E-state index contributed by atoms with van der Waals surface area (Å²) in [4.78, 5) is 8.29. The molecule has 0 aliphatic carbocycles. The average Bonchev–Trinajstić information content (AvgIpc) is 2.49. The number of guanidine groups is 1. The van der Waals surface area contributed by atoms with E-state index in [9.17, 15) is 4.39 Å². The smallest absolute Gasteiger partial charge is 0.214 e. The molecule has 23 heavy (non-hydrogen) atoms. The third kappa shape index (κ3) is 4.67. The van der Waals surface area contributed by atoms with E-state index in [-0.39, 0.29) is 11.9 Å². The van der Waals surface area contributed by atoms with Gasteiger partial charge in [-0.15, -0.1) is 4.99 Å². The molecule has 1 heterocycles. The Morgan fingerprint density at radius 3 is 2.83 bits per heavy atom. The largest absolute Gasteiger partial charge is 0.336 e. The molecule has 1 unspecified atom stereocenters. The van der Waals surface area contributed by atoms with Gasteiger partial charge in [0, 0.05) is 25.7 Å². The van der Waals surface area contributed by atoms with Crippen molar-refractivity contribution in [3.05, 3.63) is 30.1 Å².